The van der Waals surface area contributed by atoms with Crippen molar-refractivity contribution in [3.8, 4) is 0 Å². The average molecular weight is 351 g/mol. The van der Waals surface area contributed by atoms with E-state index in [1.54, 1.807) is 0 Å². The lowest BCUT2D eigenvalue weighted by Gasteiger charge is -2.41. The van der Waals surface area contributed by atoms with Crippen LogP contribution in [-0.2, 0) is 6.54 Å². The van der Waals surface area contributed by atoms with Gasteiger partial charge < -0.3 is 10.2 Å². The Hall–Kier alpha value is -0.540. The van der Waals surface area contributed by atoms with Gasteiger partial charge in [-0.15, -0.1) is 0 Å². The zero-order valence-corrected chi connectivity index (χ0v) is 14.7. The Balaban J connectivity index is 1.72. The number of halogens is 1. The van der Waals surface area contributed by atoms with Gasteiger partial charge in [-0.3, -0.25) is 0 Å². The molecular formula is C18H27BrN2. The van der Waals surface area contributed by atoms with Crippen molar-refractivity contribution in [2.24, 2.45) is 5.41 Å². The van der Waals surface area contributed by atoms with Gasteiger partial charge in [-0.2, -0.15) is 0 Å². The molecule has 116 valence electrons. The molecule has 1 aromatic carbocycles. The lowest BCUT2D eigenvalue weighted by Crippen LogP contribution is -2.39. The summed E-state index contributed by atoms with van der Waals surface area (Å²) in [6, 6.07) is 6.76. The van der Waals surface area contributed by atoms with Crippen LogP contribution in [0.25, 0.3) is 0 Å². The number of hydrogen-bond donors (Lipinski definition) is 1. The highest BCUT2D eigenvalue weighted by Gasteiger charge is 2.37. The topological polar surface area (TPSA) is 15.3 Å². The quantitative estimate of drug-likeness (QED) is 0.844. The predicted octanol–water partition coefficient (Wildman–Crippen LogP) is 4.72. The molecular weight excluding hydrogens is 324 g/mol. The van der Waals surface area contributed by atoms with Crippen molar-refractivity contribution in [3.05, 3.63) is 28.2 Å². The van der Waals surface area contributed by atoms with Crippen molar-refractivity contribution in [2.75, 3.05) is 24.5 Å². The summed E-state index contributed by atoms with van der Waals surface area (Å²) >= 11 is 3.61. The molecule has 1 spiro atoms. The molecule has 1 aliphatic heterocycles. The van der Waals surface area contributed by atoms with E-state index in [0.29, 0.717) is 5.41 Å². The summed E-state index contributed by atoms with van der Waals surface area (Å²) in [5, 5.41) is 3.47. The monoisotopic (exact) mass is 350 g/mol. The predicted molar refractivity (Wildman–Crippen MR) is 93.9 cm³/mol. The number of hydrogen-bond acceptors (Lipinski definition) is 2. The Morgan fingerprint density at radius 3 is 2.52 bits per heavy atom. The maximum atomic E-state index is 3.61. The zero-order valence-electron chi connectivity index (χ0n) is 13.1. The smallest absolute Gasteiger partial charge is 0.0412 e. The molecule has 1 aromatic rings. The van der Waals surface area contributed by atoms with Gasteiger partial charge in [0, 0.05) is 29.8 Å². The lowest BCUT2D eigenvalue weighted by molar-refractivity contribution is 0.226. The van der Waals surface area contributed by atoms with Crippen LogP contribution in [0.1, 0.15) is 51.0 Å². The first-order chi connectivity index (χ1) is 10.2. The molecule has 3 heteroatoms. The Morgan fingerprint density at radius 2 is 1.86 bits per heavy atom. The molecule has 3 rings (SSSR count). The number of rotatable bonds is 4. The first-order valence-electron chi connectivity index (χ1n) is 8.47. The van der Waals surface area contributed by atoms with Crippen molar-refractivity contribution in [1.82, 2.24) is 5.32 Å². The molecule has 2 fully saturated rings. The summed E-state index contributed by atoms with van der Waals surface area (Å²) in [6.45, 7) is 6.63. The first-order valence-corrected chi connectivity index (χ1v) is 9.26. The highest BCUT2D eigenvalue weighted by molar-refractivity contribution is 9.10. The van der Waals surface area contributed by atoms with E-state index in [0.717, 1.165) is 13.1 Å². The third kappa shape index (κ3) is 3.45. The Bertz CT molecular complexity index is 470. The van der Waals surface area contributed by atoms with Crippen LogP contribution in [0.5, 0.6) is 0 Å². The summed E-state index contributed by atoms with van der Waals surface area (Å²) in [7, 11) is 0. The first kappa shape index (κ1) is 15.4. The summed E-state index contributed by atoms with van der Waals surface area (Å²) in [5.41, 5.74) is 3.56. The number of nitrogens with zero attached hydrogens (tertiary/aromatic N) is 1. The molecule has 1 heterocycles. The second-order valence-electron chi connectivity index (χ2n) is 6.75. The Morgan fingerprint density at radius 1 is 1.14 bits per heavy atom. The molecule has 1 saturated heterocycles. The largest absolute Gasteiger partial charge is 0.371 e. The van der Waals surface area contributed by atoms with Gasteiger partial charge in [-0.25, -0.2) is 0 Å². The van der Waals surface area contributed by atoms with Gasteiger partial charge in [0.1, 0.15) is 0 Å². The van der Waals surface area contributed by atoms with Crippen LogP contribution in [-0.4, -0.2) is 19.6 Å². The van der Waals surface area contributed by atoms with Crippen molar-refractivity contribution in [1.29, 1.82) is 0 Å². The molecule has 1 N–H and O–H groups in total. The van der Waals surface area contributed by atoms with Crippen LogP contribution < -0.4 is 10.2 Å². The van der Waals surface area contributed by atoms with Gasteiger partial charge in [0.15, 0.2) is 0 Å². The van der Waals surface area contributed by atoms with Crippen LogP contribution in [0.3, 0.4) is 0 Å². The van der Waals surface area contributed by atoms with Crippen LogP contribution >= 0.6 is 15.9 Å². The minimum Gasteiger partial charge on any atom is -0.371 e. The summed E-state index contributed by atoms with van der Waals surface area (Å²) in [6.07, 6.45) is 8.66. The second kappa shape index (κ2) is 6.70. The fourth-order valence-corrected chi connectivity index (χ4v) is 4.52. The highest BCUT2D eigenvalue weighted by Crippen LogP contribution is 2.46. The van der Waals surface area contributed by atoms with E-state index in [2.05, 4.69) is 51.3 Å². The highest BCUT2D eigenvalue weighted by atomic mass is 79.9. The van der Waals surface area contributed by atoms with E-state index in [9.17, 15) is 0 Å². The zero-order chi connectivity index (χ0) is 14.7. The molecule has 0 radical (unpaired) electrons. The van der Waals surface area contributed by atoms with Gasteiger partial charge in [0.2, 0.25) is 0 Å². The standard InChI is InChI=1S/C18H27BrN2/c1-2-20-14-15-13-16(19)5-6-17(15)21-11-9-18(10-12-21)7-3-4-8-18/h5-6,13,20H,2-4,7-12,14H2,1H3. The molecule has 0 aromatic heterocycles. The summed E-state index contributed by atoms with van der Waals surface area (Å²) < 4.78 is 1.18. The van der Waals surface area contributed by atoms with Gasteiger partial charge >= 0.3 is 0 Å². The number of anilines is 1. The maximum absolute atomic E-state index is 3.61. The second-order valence-corrected chi connectivity index (χ2v) is 7.66. The molecule has 1 saturated carbocycles. The van der Waals surface area contributed by atoms with Crippen molar-refractivity contribution in [3.63, 3.8) is 0 Å². The van der Waals surface area contributed by atoms with Gasteiger partial charge in [0.05, 0.1) is 0 Å². The van der Waals surface area contributed by atoms with E-state index in [1.807, 2.05) is 0 Å². The summed E-state index contributed by atoms with van der Waals surface area (Å²) in [5.74, 6) is 0. The van der Waals surface area contributed by atoms with Crippen molar-refractivity contribution < 1.29 is 0 Å². The normalized spacial score (nSPS) is 21.1. The molecule has 0 atom stereocenters. The van der Waals surface area contributed by atoms with Crippen molar-refractivity contribution in [2.45, 2.75) is 52.0 Å². The SMILES string of the molecule is CCNCc1cc(Br)ccc1N1CCC2(CCCC2)CC1. The maximum Gasteiger partial charge on any atom is 0.0412 e. The van der Waals surface area contributed by atoms with E-state index in [-0.39, 0.29) is 0 Å². The van der Waals surface area contributed by atoms with Crippen LogP contribution in [0.15, 0.2) is 22.7 Å². The molecule has 0 amide bonds. The van der Waals surface area contributed by atoms with Crippen molar-refractivity contribution >= 4 is 21.6 Å². The van der Waals surface area contributed by atoms with E-state index < -0.39 is 0 Å². The van der Waals surface area contributed by atoms with Crippen LogP contribution in [0.2, 0.25) is 0 Å². The molecule has 0 unspecified atom stereocenters. The Labute approximate surface area is 137 Å². The fraction of sp³-hybridized carbons (Fsp3) is 0.667. The summed E-state index contributed by atoms with van der Waals surface area (Å²) in [4.78, 5) is 2.61. The Kier molecular flexibility index (Phi) is 4.90. The fourth-order valence-electron chi connectivity index (χ4n) is 4.11. The molecule has 2 nitrogen and oxygen atoms in total. The minimum absolute atomic E-state index is 0.702. The molecule has 1 aliphatic carbocycles. The lowest BCUT2D eigenvalue weighted by atomic mass is 9.77. The van der Waals surface area contributed by atoms with Crippen LogP contribution in [0, 0.1) is 5.41 Å². The van der Waals surface area contributed by atoms with Gasteiger partial charge in [-0.1, -0.05) is 35.7 Å². The average Bonchev–Trinajstić information content (AvgIpc) is 2.95. The minimum atomic E-state index is 0.702. The van der Waals surface area contributed by atoms with E-state index >= 15 is 0 Å². The molecule has 0 bridgehead atoms. The van der Waals surface area contributed by atoms with Gasteiger partial charge in [-0.05, 0) is 61.4 Å². The third-order valence-electron chi connectivity index (χ3n) is 5.44. The third-order valence-corrected chi connectivity index (χ3v) is 5.93. The van der Waals surface area contributed by atoms with Gasteiger partial charge in [0.25, 0.3) is 0 Å². The molecule has 21 heavy (non-hydrogen) atoms. The number of benzene rings is 1. The number of nitrogens with one attached hydrogen (secondary N) is 1. The van der Waals surface area contributed by atoms with E-state index in [4.69, 9.17) is 0 Å². The molecule has 2 aliphatic rings. The van der Waals surface area contributed by atoms with E-state index in [1.165, 1.54) is 67.3 Å². The number of piperidine rings is 1. The van der Waals surface area contributed by atoms with Crippen LogP contribution in [0.4, 0.5) is 5.69 Å².